The van der Waals surface area contributed by atoms with E-state index in [0.717, 1.165) is 16.9 Å². The van der Waals surface area contributed by atoms with Crippen LogP contribution in [-0.2, 0) is 6.42 Å². The fraction of sp³-hybridized carbons (Fsp3) is 0.167. The lowest BCUT2D eigenvalue weighted by Crippen LogP contribution is -1.84. The monoisotopic (exact) mass is 253 g/mol. The lowest BCUT2D eigenvalue weighted by atomic mass is 10.1. The highest BCUT2D eigenvalue weighted by Crippen LogP contribution is 2.44. The second kappa shape index (κ2) is 4.36. The molecule has 2 aromatic rings. The molecule has 0 radical (unpaired) electrons. The maximum atomic E-state index is 10.0. The van der Waals surface area contributed by atoms with E-state index in [1.54, 1.807) is 12.1 Å². The Bertz CT molecular complexity index is 522. The number of anilines is 1. The Morgan fingerprint density at radius 1 is 1.44 bits per heavy atom. The fourth-order valence-corrected chi connectivity index (χ4v) is 2.77. The molecule has 0 spiro atoms. The van der Waals surface area contributed by atoms with Crippen molar-refractivity contribution in [2.24, 2.45) is 0 Å². The molecule has 1 heterocycles. The third kappa shape index (κ3) is 1.88. The average Bonchev–Trinajstić information content (AvgIpc) is 2.53. The van der Waals surface area contributed by atoms with Crippen LogP contribution in [0, 0.1) is 0 Å². The van der Waals surface area contributed by atoms with Crippen LogP contribution in [0.3, 0.4) is 0 Å². The standard InChI is InChI=1S/C12H12ClNOS/c1-2-9-11(15)10(12(14)16-9)7-4-3-5-8(13)6-7/h3-6,15H,2,14H2,1H3. The van der Waals surface area contributed by atoms with Crippen LogP contribution in [0.25, 0.3) is 11.1 Å². The van der Waals surface area contributed by atoms with Gasteiger partial charge in [-0.25, -0.2) is 0 Å². The molecule has 0 aliphatic rings. The van der Waals surface area contributed by atoms with E-state index in [4.69, 9.17) is 17.3 Å². The number of nitrogen functional groups attached to an aromatic ring is 1. The van der Waals surface area contributed by atoms with Gasteiger partial charge in [0, 0.05) is 9.90 Å². The van der Waals surface area contributed by atoms with Crippen LogP contribution in [0.1, 0.15) is 11.8 Å². The van der Waals surface area contributed by atoms with Crippen molar-refractivity contribution in [2.75, 3.05) is 5.73 Å². The highest BCUT2D eigenvalue weighted by atomic mass is 35.5. The van der Waals surface area contributed by atoms with Gasteiger partial charge >= 0.3 is 0 Å². The highest BCUT2D eigenvalue weighted by Gasteiger charge is 2.16. The van der Waals surface area contributed by atoms with Crippen molar-refractivity contribution in [3.8, 4) is 16.9 Å². The smallest absolute Gasteiger partial charge is 0.139 e. The summed E-state index contributed by atoms with van der Waals surface area (Å²) in [7, 11) is 0. The molecule has 16 heavy (non-hydrogen) atoms. The number of rotatable bonds is 2. The molecule has 4 heteroatoms. The zero-order chi connectivity index (χ0) is 11.7. The SMILES string of the molecule is CCc1sc(N)c(-c2cccc(Cl)c2)c1O. The van der Waals surface area contributed by atoms with Gasteiger partial charge in [0.25, 0.3) is 0 Å². The Morgan fingerprint density at radius 2 is 2.19 bits per heavy atom. The van der Waals surface area contributed by atoms with Gasteiger partial charge in [0.05, 0.1) is 10.6 Å². The predicted octanol–water partition coefficient (Wildman–Crippen LogP) is 3.92. The van der Waals surface area contributed by atoms with Crippen LogP contribution in [0.15, 0.2) is 24.3 Å². The Balaban J connectivity index is 2.60. The van der Waals surface area contributed by atoms with Crippen molar-refractivity contribution < 1.29 is 5.11 Å². The van der Waals surface area contributed by atoms with Crippen LogP contribution in [-0.4, -0.2) is 5.11 Å². The van der Waals surface area contributed by atoms with E-state index in [0.29, 0.717) is 15.6 Å². The fourth-order valence-electron chi connectivity index (χ4n) is 1.65. The van der Waals surface area contributed by atoms with Crippen LogP contribution in [0.4, 0.5) is 5.00 Å². The molecule has 0 aliphatic carbocycles. The van der Waals surface area contributed by atoms with Gasteiger partial charge in [-0.1, -0.05) is 30.7 Å². The lowest BCUT2D eigenvalue weighted by Gasteiger charge is -2.02. The molecule has 84 valence electrons. The molecule has 0 unspecified atom stereocenters. The number of nitrogens with two attached hydrogens (primary N) is 1. The second-order valence-corrected chi connectivity index (χ2v) is 5.05. The maximum absolute atomic E-state index is 10.0. The molecular formula is C12H12ClNOS. The zero-order valence-electron chi connectivity index (χ0n) is 8.83. The quantitative estimate of drug-likeness (QED) is 0.852. The van der Waals surface area contributed by atoms with Crippen molar-refractivity contribution in [3.63, 3.8) is 0 Å². The van der Waals surface area contributed by atoms with Crippen molar-refractivity contribution in [1.29, 1.82) is 0 Å². The molecule has 1 aromatic carbocycles. The Morgan fingerprint density at radius 3 is 2.75 bits per heavy atom. The number of hydrogen-bond donors (Lipinski definition) is 2. The van der Waals surface area contributed by atoms with Gasteiger partial charge in [-0.2, -0.15) is 0 Å². The van der Waals surface area contributed by atoms with Crippen LogP contribution in [0.2, 0.25) is 5.02 Å². The summed E-state index contributed by atoms with van der Waals surface area (Å²) in [4.78, 5) is 0.910. The van der Waals surface area contributed by atoms with Crippen LogP contribution >= 0.6 is 22.9 Å². The summed E-state index contributed by atoms with van der Waals surface area (Å²) in [6.07, 6.45) is 0.779. The first-order valence-electron chi connectivity index (χ1n) is 4.99. The van der Waals surface area contributed by atoms with Gasteiger partial charge in [-0.05, 0) is 24.1 Å². The molecule has 2 rings (SSSR count). The highest BCUT2D eigenvalue weighted by molar-refractivity contribution is 7.17. The van der Waals surface area contributed by atoms with E-state index >= 15 is 0 Å². The van der Waals surface area contributed by atoms with Gasteiger partial charge in [0.1, 0.15) is 5.75 Å². The van der Waals surface area contributed by atoms with E-state index in [2.05, 4.69) is 0 Å². The van der Waals surface area contributed by atoms with E-state index in [1.165, 1.54) is 11.3 Å². The molecule has 0 aliphatic heterocycles. The summed E-state index contributed by atoms with van der Waals surface area (Å²) >= 11 is 7.35. The number of thiophene rings is 1. The molecule has 0 saturated heterocycles. The number of hydrogen-bond acceptors (Lipinski definition) is 3. The third-order valence-corrected chi connectivity index (χ3v) is 3.80. The number of benzene rings is 1. The second-order valence-electron chi connectivity index (χ2n) is 3.48. The van der Waals surface area contributed by atoms with Crippen molar-refractivity contribution >= 4 is 27.9 Å². The van der Waals surface area contributed by atoms with Crippen LogP contribution < -0.4 is 5.73 Å². The van der Waals surface area contributed by atoms with E-state index in [9.17, 15) is 5.11 Å². The number of aryl methyl sites for hydroxylation is 1. The van der Waals surface area contributed by atoms with E-state index < -0.39 is 0 Å². The minimum absolute atomic E-state index is 0.285. The largest absolute Gasteiger partial charge is 0.506 e. The summed E-state index contributed by atoms with van der Waals surface area (Å²) in [5.41, 5.74) is 7.47. The Labute approximate surface area is 103 Å². The lowest BCUT2D eigenvalue weighted by molar-refractivity contribution is 0.474. The maximum Gasteiger partial charge on any atom is 0.139 e. The first-order chi connectivity index (χ1) is 7.63. The number of aromatic hydroxyl groups is 1. The first-order valence-corrected chi connectivity index (χ1v) is 6.19. The normalized spacial score (nSPS) is 10.6. The molecule has 0 atom stereocenters. The minimum atomic E-state index is 0.285. The molecular weight excluding hydrogens is 242 g/mol. The summed E-state index contributed by atoms with van der Waals surface area (Å²) in [5.74, 6) is 0.285. The first kappa shape index (κ1) is 11.3. The van der Waals surface area contributed by atoms with E-state index in [1.807, 2.05) is 19.1 Å². The number of halogens is 1. The van der Waals surface area contributed by atoms with Gasteiger partial charge in [-0.3, -0.25) is 0 Å². The molecule has 1 aromatic heterocycles. The molecule has 0 bridgehead atoms. The van der Waals surface area contributed by atoms with Crippen LogP contribution in [0.5, 0.6) is 5.75 Å². The Kier molecular flexibility index (Phi) is 3.08. The van der Waals surface area contributed by atoms with Gasteiger partial charge in [0.2, 0.25) is 0 Å². The predicted molar refractivity (Wildman–Crippen MR) is 70.2 cm³/mol. The zero-order valence-corrected chi connectivity index (χ0v) is 10.4. The van der Waals surface area contributed by atoms with E-state index in [-0.39, 0.29) is 5.75 Å². The summed E-state index contributed by atoms with van der Waals surface area (Å²) in [6, 6.07) is 7.34. The summed E-state index contributed by atoms with van der Waals surface area (Å²) < 4.78 is 0. The minimum Gasteiger partial charge on any atom is -0.506 e. The Hall–Kier alpha value is -1.19. The van der Waals surface area contributed by atoms with Crippen molar-refractivity contribution in [2.45, 2.75) is 13.3 Å². The molecule has 0 amide bonds. The summed E-state index contributed by atoms with van der Waals surface area (Å²) in [6.45, 7) is 1.99. The molecule has 0 saturated carbocycles. The molecule has 0 fully saturated rings. The molecule has 3 N–H and O–H groups in total. The van der Waals surface area contributed by atoms with Gasteiger partial charge < -0.3 is 10.8 Å². The van der Waals surface area contributed by atoms with Crippen molar-refractivity contribution in [3.05, 3.63) is 34.2 Å². The van der Waals surface area contributed by atoms with Crippen molar-refractivity contribution in [1.82, 2.24) is 0 Å². The third-order valence-electron chi connectivity index (χ3n) is 2.41. The summed E-state index contributed by atoms with van der Waals surface area (Å²) in [5, 5.41) is 11.3. The molecule has 2 nitrogen and oxygen atoms in total. The van der Waals surface area contributed by atoms with Gasteiger partial charge in [-0.15, -0.1) is 11.3 Å². The van der Waals surface area contributed by atoms with Gasteiger partial charge in [0.15, 0.2) is 0 Å². The average molecular weight is 254 g/mol. The topological polar surface area (TPSA) is 46.2 Å².